The fourth-order valence-corrected chi connectivity index (χ4v) is 2.70. The third-order valence-corrected chi connectivity index (χ3v) is 3.76. The maximum absolute atomic E-state index is 12.5. The van der Waals surface area contributed by atoms with Gasteiger partial charge in [-0.25, -0.2) is 0 Å². The highest BCUT2D eigenvalue weighted by atomic mass is 16.5. The lowest BCUT2D eigenvalue weighted by Crippen LogP contribution is -2.32. The first kappa shape index (κ1) is 14.6. The molecule has 114 valence electrons. The number of benzene rings is 2. The van der Waals surface area contributed by atoms with Crippen LogP contribution in [-0.2, 0) is 11.3 Å². The number of para-hydroxylation sites is 1. The minimum absolute atomic E-state index is 0.0106. The monoisotopic (exact) mass is 297 g/mol. The van der Waals surface area contributed by atoms with Crippen LogP contribution in [0.3, 0.4) is 0 Å². The van der Waals surface area contributed by atoms with Gasteiger partial charge in [0.1, 0.15) is 5.75 Å². The average Bonchev–Trinajstić information content (AvgIpc) is 2.56. The Bertz CT molecular complexity index is 669. The van der Waals surface area contributed by atoms with E-state index in [1.54, 1.807) is 7.11 Å². The van der Waals surface area contributed by atoms with Gasteiger partial charge in [0.05, 0.1) is 19.3 Å². The zero-order valence-corrected chi connectivity index (χ0v) is 12.5. The van der Waals surface area contributed by atoms with Crippen molar-refractivity contribution < 1.29 is 14.3 Å². The molecule has 0 aliphatic carbocycles. The minimum atomic E-state index is -0.0698. The number of amides is 1. The predicted molar refractivity (Wildman–Crippen MR) is 83.9 cm³/mol. The lowest BCUT2D eigenvalue weighted by atomic mass is 10.00. The average molecular weight is 297 g/mol. The van der Waals surface area contributed by atoms with E-state index >= 15 is 0 Å². The van der Waals surface area contributed by atoms with Crippen LogP contribution in [0.5, 0.6) is 5.75 Å². The topological polar surface area (TPSA) is 47.6 Å². The molecule has 22 heavy (non-hydrogen) atoms. The van der Waals surface area contributed by atoms with Crippen molar-refractivity contribution in [3.8, 4) is 5.75 Å². The molecule has 0 saturated carbocycles. The summed E-state index contributed by atoms with van der Waals surface area (Å²) in [6.07, 6.45) is 0.778. The Balaban J connectivity index is 1.76. The maximum atomic E-state index is 12.5. The fourth-order valence-electron chi connectivity index (χ4n) is 2.70. The Morgan fingerprint density at radius 1 is 1.27 bits per heavy atom. The number of fused-ring (bicyclic) bond motifs is 1. The van der Waals surface area contributed by atoms with E-state index in [0.717, 1.165) is 23.3 Å². The van der Waals surface area contributed by atoms with E-state index in [-0.39, 0.29) is 11.9 Å². The van der Waals surface area contributed by atoms with Gasteiger partial charge in [-0.05, 0) is 23.8 Å². The lowest BCUT2D eigenvalue weighted by Gasteiger charge is -2.26. The quantitative estimate of drug-likeness (QED) is 0.943. The zero-order valence-electron chi connectivity index (χ0n) is 12.5. The molecule has 0 radical (unpaired) electrons. The largest absolute Gasteiger partial charge is 0.493 e. The summed E-state index contributed by atoms with van der Waals surface area (Å²) < 4.78 is 10.7. The number of nitrogens with one attached hydrogen (secondary N) is 1. The smallest absolute Gasteiger partial charge is 0.251 e. The Hall–Kier alpha value is -2.33. The molecule has 4 heteroatoms. The van der Waals surface area contributed by atoms with Crippen molar-refractivity contribution in [2.45, 2.75) is 19.1 Å². The molecule has 2 aromatic carbocycles. The van der Waals surface area contributed by atoms with Gasteiger partial charge in [-0.2, -0.15) is 0 Å². The molecule has 4 nitrogen and oxygen atoms in total. The van der Waals surface area contributed by atoms with Crippen molar-refractivity contribution >= 4 is 5.91 Å². The van der Waals surface area contributed by atoms with E-state index in [1.165, 1.54) is 0 Å². The van der Waals surface area contributed by atoms with E-state index in [4.69, 9.17) is 9.47 Å². The van der Waals surface area contributed by atoms with Gasteiger partial charge in [0.2, 0.25) is 0 Å². The van der Waals surface area contributed by atoms with Crippen molar-refractivity contribution in [3.05, 3.63) is 65.2 Å². The van der Waals surface area contributed by atoms with Crippen LogP contribution in [0.1, 0.15) is 33.9 Å². The van der Waals surface area contributed by atoms with Gasteiger partial charge in [0, 0.05) is 24.7 Å². The van der Waals surface area contributed by atoms with E-state index < -0.39 is 0 Å². The summed E-state index contributed by atoms with van der Waals surface area (Å²) in [5.41, 5.74) is 2.68. The van der Waals surface area contributed by atoms with Gasteiger partial charge >= 0.3 is 0 Å². The lowest BCUT2D eigenvalue weighted by molar-refractivity contribution is 0.0924. The SMILES string of the molecule is COCc1cccc(C(=O)NC2CCOc3ccccc32)c1. The van der Waals surface area contributed by atoms with Crippen LogP contribution in [0.2, 0.25) is 0 Å². The summed E-state index contributed by atoms with van der Waals surface area (Å²) in [5, 5.41) is 3.10. The van der Waals surface area contributed by atoms with Gasteiger partial charge in [-0.3, -0.25) is 4.79 Å². The van der Waals surface area contributed by atoms with Crippen molar-refractivity contribution in [1.29, 1.82) is 0 Å². The van der Waals surface area contributed by atoms with Crippen LogP contribution in [-0.4, -0.2) is 19.6 Å². The van der Waals surface area contributed by atoms with Gasteiger partial charge in [-0.15, -0.1) is 0 Å². The molecule has 0 spiro atoms. The third kappa shape index (κ3) is 3.12. The molecule has 3 rings (SSSR count). The first-order valence-electron chi connectivity index (χ1n) is 7.38. The molecular formula is C18H19NO3. The molecule has 2 aromatic rings. The number of hydrogen-bond acceptors (Lipinski definition) is 3. The maximum Gasteiger partial charge on any atom is 0.251 e. The Labute approximate surface area is 130 Å². The second-order valence-electron chi connectivity index (χ2n) is 5.33. The number of hydrogen-bond donors (Lipinski definition) is 1. The number of ether oxygens (including phenoxy) is 2. The van der Waals surface area contributed by atoms with Crippen LogP contribution >= 0.6 is 0 Å². The van der Waals surface area contributed by atoms with Crippen molar-refractivity contribution in [1.82, 2.24) is 5.32 Å². The van der Waals surface area contributed by atoms with Crippen LogP contribution < -0.4 is 10.1 Å². The summed E-state index contributed by atoms with van der Waals surface area (Å²) in [6, 6.07) is 15.3. The molecule has 1 aliphatic rings. The molecule has 0 fully saturated rings. The summed E-state index contributed by atoms with van der Waals surface area (Å²) in [7, 11) is 1.64. The van der Waals surface area contributed by atoms with Crippen molar-refractivity contribution in [3.63, 3.8) is 0 Å². The second-order valence-corrected chi connectivity index (χ2v) is 5.33. The summed E-state index contributed by atoms with van der Waals surface area (Å²) in [5.74, 6) is 0.784. The van der Waals surface area contributed by atoms with Crippen LogP contribution in [0.4, 0.5) is 0 Å². The summed E-state index contributed by atoms with van der Waals surface area (Å²) >= 11 is 0. The van der Waals surface area contributed by atoms with Gasteiger partial charge in [-0.1, -0.05) is 30.3 Å². The van der Waals surface area contributed by atoms with Crippen LogP contribution in [0.15, 0.2) is 48.5 Å². The minimum Gasteiger partial charge on any atom is -0.493 e. The molecule has 1 amide bonds. The summed E-state index contributed by atoms with van der Waals surface area (Å²) in [6.45, 7) is 1.12. The Morgan fingerprint density at radius 3 is 3.00 bits per heavy atom. The first-order valence-corrected chi connectivity index (χ1v) is 7.38. The fraction of sp³-hybridized carbons (Fsp3) is 0.278. The van der Waals surface area contributed by atoms with E-state index in [9.17, 15) is 4.79 Å². The molecule has 0 saturated heterocycles. The molecule has 0 aromatic heterocycles. The highest BCUT2D eigenvalue weighted by Crippen LogP contribution is 2.31. The molecule has 0 bridgehead atoms. The van der Waals surface area contributed by atoms with E-state index in [2.05, 4.69) is 5.32 Å². The van der Waals surface area contributed by atoms with E-state index in [0.29, 0.717) is 18.8 Å². The standard InChI is InChI=1S/C18H19NO3/c1-21-12-13-5-4-6-14(11-13)18(20)19-16-9-10-22-17-8-3-2-7-15(16)17/h2-8,11,16H,9-10,12H2,1H3,(H,19,20). The third-order valence-electron chi connectivity index (χ3n) is 3.76. The van der Waals surface area contributed by atoms with Crippen LogP contribution in [0, 0.1) is 0 Å². The Morgan fingerprint density at radius 2 is 2.14 bits per heavy atom. The normalized spacial score (nSPS) is 16.5. The molecule has 1 unspecified atom stereocenters. The molecule has 1 N–H and O–H groups in total. The van der Waals surface area contributed by atoms with Crippen LogP contribution in [0.25, 0.3) is 0 Å². The van der Waals surface area contributed by atoms with E-state index in [1.807, 2.05) is 48.5 Å². The summed E-state index contributed by atoms with van der Waals surface area (Å²) in [4.78, 5) is 12.5. The van der Waals surface area contributed by atoms with Crippen molar-refractivity contribution in [2.24, 2.45) is 0 Å². The highest BCUT2D eigenvalue weighted by Gasteiger charge is 2.23. The molecule has 1 atom stereocenters. The zero-order chi connectivity index (χ0) is 15.4. The Kier molecular flexibility index (Phi) is 4.39. The molecule has 1 heterocycles. The van der Waals surface area contributed by atoms with Crippen molar-refractivity contribution in [2.75, 3.05) is 13.7 Å². The molecule has 1 aliphatic heterocycles. The number of rotatable bonds is 4. The number of carbonyl (C=O) groups excluding carboxylic acids is 1. The highest BCUT2D eigenvalue weighted by molar-refractivity contribution is 5.94. The molecular weight excluding hydrogens is 278 g/mol. The first-order chi connectivity index (χ1) is 10.8. The van der Waals surface area contributed by atoms with Gasteiger partial charge in [0.25, 0.3) is 5.91 Å². The second kappa shape index (κ2) is 6.62. The number of carbonyl (C=O) groups is 1. The number of methoxy groups -OCH3 is 1. The predicted octanol–water partition coefficient (Wildman–Crippen LogP) is 3.09. The van der Waals surface area contributed by atoms with Gasteiger partial charge < -0.3 is 14.8 Å². The van der Waals surface area contributed by atoms with Gasteiger partial charge in [0.15, 0.2) is 0 Å².